The van der Waals surface area contributed by atoms with Gasteiger partial charge in [0.25, 0.3) is 0 Å². The highest BCUT2D eigenvalue weighted by molar-refractivity contribution is 6.04. The molecule has 0 bridgehead atoms. The molecule has 8 heteroatoms. The van der Waals surface area contributed by atoms with Gasteiger partial charge in [0, 0.05) is 50.1 Å². The van der Waals surface area contributed by atoms with Gasteiger partial charge in [0.15, 0.2) is 11.6 Å². The maximum Gasteiger partial charge on any atom is 0.249 e. The molecule has 2 aromatic rings. The van der Waals surface area contributed by atoms with E-state index in [2.05, 4.69) is 27.1 Å². The van der Waals surface area contributed by atoms with Crippen LogP contribution in [0.25, 0.3) is 11.4 Å². The first-order chi connectivity index (χ1) is 14.5. The molecular weight excluding hydrogens is 380 g/mol. The number of nitrogens with one attached hydrogen (secondary N) is 1. The topological polar surface area (TPSA) is 91.3 Å². The first-order valence-corrected chi connectivity index (χ1v) is 10.6. The Kier molecular flexibility index (Phi) is 5.65. The van der Waals surface area contributed by atoms with Crippen molar-refractivity contribution in [2.75, 3.05) is 16.8 Å². The van der Waals surface area contributed by atoms with E-state index in [0.29, 0.717) is 18.4 Å². The van der Waals surface area contributed by atoms with E-state index in [0.717, 1.165) is 41.9 Å². The van der Waals surface area contributed by atoms with E-state index in [1.54, 1.807) is 30.5 Å². The summed E-state index contributed by atoms with van der Waals surface area (Å²) in [7, 11) is 1.80. The molecule has 2 amide bonds. The first-order valence-electron chi connectivity index (χ1n) is 10.6. The smallest absolute Gasteiger partial charge is 0.249 e. The zero-order valence-electron chi connectivity index (χ0n) is 17.8. The number of hydrogen-bond donors (Lipinski definition) is 1. The van der Waals surface area contributed by atoms with Crippen molar-refractivity contribution in [2.45, 2.75) is 64.6 Å². The van der Waals surface area contributed by atoms with Gasteiger partial charge in [-0.2, -0.15) is 0 Å². The molecule has 0 saturated heterocycles. The number of carbonyl (C=O) groups is 2. The van der Waals surface area contributed by atoms with Crippen molar-refractivity contribution in [3.8, 4) is 11.4 Å². The van der Waals surface area contributed by atoms with Gasteiger partial charge in [0.2, 0.25) is 11.8 Å². The summed E-state index contributed by atoms with van der Waals surface area (Å²) in [6.07, 6.45) is 10.4. The summed E-state index contributed by atoms with van der Waals surface area (Å²) in [5.74, 6) is 1.40. The minimum atomic E-state index is -0.204. The molecule has 0 radical (unpaired) electrons. The van der Waals surface area contributed by atoms with Crippen LogP contribution in [0.1, 0.15) is 51.5 Å². The van der Waals surface area contributed by atoms with Crippen molar-refractivity contribution in [3.63, 3.8) is 0 Å². The van der Waals surface area contributed by atoms with Crippen molar-refractivity contribution in [1.82, 2.24) is 20.3 Å². The molecule has 1 atom stereocenters. The average Bonchev–Trinajstić information content (AvgIpc) is 3.28. The minimum absolute atomic E-state index is 0.100. The molecule has 1 aliphatic heterocycles. The molecule has 3 heterocycles. The molecule has 2 aromatic heterocycles. The molecule has 2 aliphatic rings. The molecule has 8 nitrogen and oxygen atoms in total. The Balaban J connectivity index is 1.79. The van der Waals surface area contributed by atoms with Crippen LogP contribution in [0, 0.1) is 0 Å². The van der Waals surface area contributed by atoms with E-state index in [1.807, 2.05) is 6.07 Å². The van der Waals surface area contributed by atoms with E-state index in [4.69, 9.17) is 4.98 Å². The third kappa shape index (κ3) is 3.62. The zero-order valence-corrected chi connectivity index (χ0v) is 17.8. The molecule has 0 aromatic carbocycles. The van der Waals surface area contributed by atoms with Crippen molar-refractivity contribution < 1.29 is 9.59 Å². The zero-order chi connectivity index (χ0) is 21.3. The van der Waals surface area contributed by atoms with E-state index in [-0.39, 0.29) is 17.9 Å². The van der Waals surface area contributed by atoms with Gasteiger partial charge >= 0.3 is 0 Å². The van der Waals surface area contributed by atoms with Crippen LogP contribution in [-0.2, 0) is 16.1 Å². The minimum Gasteiger partial charge on any atom is -0.352 e. The van der Waals surface area contributed by atoms with Crippen LogP contribution in [0.5, 0.6) is 0 Å². The predicted octanol–water partition coefficient (Wildman–Crippen LogP) is 2.68. The fraction of sp³-hybridized carbons (Fsp3) is 0.500. The maximum atomic E-state index is 13.0. The van der Waals surface area contributed by atoms with Crippen LogP contribution in [0.2, 0.25) is 0 Å². The lowest BCUT2D eigenvalue weighted by molar-refractivity contribution is -0.120. The van der Waals surface area contributed by atoms with Crippen LogP contribution in [0.15, 0.2) is 24.7 Å². The summed E-state index contributed by atoms with van der Waals surface area (Å²) in [6.45, 7) is 3.91. The van der Waals surface area contributed by atoms with Gasteiger partial charge in [0.1, 0.15) is 11.7 Å². The van der Waals surface area contributed by atoms with Gasteiger partial charge in [-0.25, -0.2) is 9.97 Å². The van der Waals surface area contributed by atoms with Crippen LogP contribution >= 0.6 is 0 Å². The lowest BCUT2D eigenvalue weighted by atomic mass is 10.0. The lowest BCUT2D eigenvalue weighted by Crippen LogP contribution is -2.55. The summed E-state index contributed by atoms with van der Waals surface area (Å²) < 4.78 is 0. The molecule has 1 saturated carbocycles. The second-order valence-corrected chi connectivity index (χ2v) is 8.01. The van der Waals surface area contributed by atoms with Crippen LogP contribution < -0.4 is 15.1 Å². The highest BCUT2D eigenvalue weighted by Crippen LogP contribution is 2.40. The highest BCUT2D eigenvalue weighted by atomic mass is 16.2. The number of fused-ring (bicyclic) bond motifs is 1. The van der Waals surface area contributed by atoms with Crippen LogP contribution in [0.4, 0.5) is 11.5 Å². The molecule has 158 valence electrons. The van der Waals surface area contributed by atoms with Gasteiger partial charge in [-0.1, -0.05) is 19.8 Å². The molecule has 0 spiro atoms. The van der Waals surface area contributed by atoms with Crippen molar-refractivity contribution in [3.05, 3.63) is 30.2 Å². The van der Waals surface area contributed by atoms with Crippen LogP contribution in [-0.4, -0.2) is 45.9 Å². The molecule has 1 unspecified atom stereocenters. The predicted molar refractivity (Wildman–Crippen MR) is 115 cm³/mol. The quantitative estimate of drug-likeness (QED) is 0.818. The Bertz CT molecular complexity index is 956. The van der Waals surface area contributed by atoms with Crippen LogP contribution in [0.3, 0.4) is 0 Å². The number of anilines is 2. The lowest BCUT2D eigenvalue weighted by Gasteiger charge is -2.43. The summed E-state index contributed by atoms with van der Waals surface area (Å²) in [5.41, 5.74) is 2.44. The molecule has 4 rings (SSSR count). The number of nitrogens with zero attached hydrogens (tertiary/aromatic N) is 5. The Labute approximate surface area is 176 Å². The fourth-order valence-electron chi connectivity index (χ4n) is 4.52. The number of hydrogen-bond acceptors (Lipinski definition) is 6. The van der Waals surface area contributed by atoms with E-state index in [9.17, 15) is 9.59 Å². The number of likely N-dealkylation sites (N-methyl/N-ethyl adjacent to an activating group) is 1. The largest absolute Gasteiger partial charge is 0.352 e. The Morgan fingerprint density at radius 3 is 2.73 bits per heavy atom. The van der Waals surface area contributed by atoms with Gasteiger partial charge in [-0.05, 0) is 25.3 Å². The third-order valence-electron chi connectivity index (χ3n) is 6.08. The third-order valence-corrected chi connectivity index (χ3v) is 6.08. The number of rotatable bonds is 5. The monoisotopic (exact) mass is 408 g/mol. The van der Waals surface area contributed by atoms with Gasteiger partial charge in [-0.15, -0.1) is 0 Å². The van der Waals surface area contributed by atoms with Crippen molar-refractivity contribution in [2.24, 2.45) is 0 Å². The Morgan fingerprint density at radius 1 is 1.27 bits per heavy atom. The highest BCUT2D eigenvalue weighted by Gasteiger charge is 2.41. The van der Waals surface area contributed by atoms with E-state index < -0.39 is 0 Å². The summed E-state index contributed by atoms with van der Waals surface area (Å²) >= 11 is 0. The van der Waals surface area contributed by atoms with Gasteiger partial charge in [0.05, 0.1) is 6.20 Å². The van der Waals surface area contributed by atoms with Crippen molar-refractivity contribution in [1.29, 1.82) is 0 Å². The average molecular weight is 409 g/mol. The summed E-state index contributed by atoms with van der Waals surface area (Å²) in [4.78, 5) is 42.1. The molecular formula is C22H28N6O2. The van der Waals surface area contributed by atoms with E-state index >= 15 is 0 Å². The van der Waals surface area contributed by atoms with Gasteiger partial charge < -0.3 is 15.1 Å². The fourth-order valence-corrected chi connectivity index (χ4v) is 4.52. The second-order valence-electron chi connectivity index (χ2n) is 8.01. The van der Waals surface area contributed by atoms with Gasteiger partial charge in [-0.3, -0.25) is 14.6 Å². The van der Waals surface area contributed by atoms with E-state index in [1.165, 1.54) is 19.8 Å². The number of amides is 2. The first kappa shape index (κ1) is 20.3. The SMILES string of the molecule is CCC1C(=O)N(C)c2cnc(-c3ccncc3CNC(C)=O)nc2N1C1CCCC1. The molecule has 1 aliphatic carbocycles. The summed E-state index contributed by atoms with van der Waals surface area (Å²) in [5, 5.41) is 2.82. The number of pyridine rings is 1. The Hall–Kier alpha value is -3.03. The molecule has 1 fully saturated rings. The van der Waals surface area contributed by atoms with Crippen molar-refractivity contribution >= 4 is 23.3 Å². The molecule has 1 N–H and O–H groups in total. The Morgan fingerprint density at radius 2 is 2.03 bits per heavy atom. The number of carbonyl (C=O) groups excluding carboxylic acids is 2. The summed E-state index contributed by atoms with van der Waals surface area (Å²) in [6, 6.07) is 1.99. The number of aromatic nitrogens is 3. The normalized spacial score (nSPS) is 19.2. The molecule has 30 heavy (non-hydrogen) atoms. The maximum absolute atomic E-state index is 13.0. The standard InChI is InChI=1S/C22H28N6O2/c1-4-18-22(30)27(3)19-13-25-20(26-21(19)28(18)16-7-5-6-8-16)17-9-10-23-11-15(17)12-24-14(2)29/h9-11,13,16,18H,4-8,12H2,1-3H3,(H,24,29). The second kappa shape index (κ2) is 8.38.